The lowest BCUT2D eigenvalue weighted by Crippen LogP contribution is -2.46. The molecule has 1 aliphatic rings. The molecule has 1 aromatic carbocycles. The fourth-order valence-corrected chi connectivity index (χ4v) is 2.05. The molecule has 0 saturated carbocycles. The van der Waals surface area contributed by atoms with Crippen molar-refractivity contribution < 1.29 is 18.0 Å². The predicted molar refractivity (Wildman–Crippen MR) is 69.4 cm³/mol. The molecule has 1 saturated heterocycles. The third-order valence-corrected chi connectivity index (χ3v) is 3.05. The van der Waals surface area contributed by atoms with Gasteiger partial charge in [0.1, 0.15) is 0 Å². The van der Waals surface area contributed by atoms with Gasteiger partial charge in [-0.05, 0) is 18.2 Å². The smallest absolute Gasteiger partial charge is 0.325 e. The van der Waals surface area contributed by atoms with Crippen LogP contribution >= 0.6 is 0 Å². The van der Waals surface area contributed by atoms with Crippen molar-refractivity contribution in [1.82, 2.24) is 10.2 Å². The quantitative estimate of drug-likeness (QED) is 0.886. The lowest BCUT2D eigenvalue weighted by atomic mass is 10.2. The molecule has 0 atom stereocenters. The maximum atomic E-state index is 12.6. The van der Waals surface area contributed by atoms with Crippen LogP contribution in [0.15, 0.2) is 24.3 Å². The van der Waals surface area contributed by atoms with Crippen LogP contribution in [0.25, 0.3) is 0 Å². The molecule has 1 heterocycles. The number of carbonyl (C=O) groups excluding carboxylic acids is 1. The summed E-state index contributed by atoms with van der Waals surface area (Å²) >= 11 is 0. The van der Waals surface area contributed by atoms with Crippen molar-refractivity contribution in [2.24, 2.45) is 0 Å². The molecule has 2 N–H and O–H groups in total. The maximum Gasteiger partial charge on any atom is 0.416 e. The summed E-state index contributed by atoms with van der Waals surface area (Å²) in [5.41, 5.74) is -0.600. The van der Waals surface area contributed by atoms with Crippen molar-refractivity contribution >= 4 is 11.6 Å². The van der Waals surface area contributed by atoms with Crippen LogP contribution in [0.4, 0.5) is 18.9 Å². The highest BCUT2D eigenvalue weighted by Crippen LogP contribution is 2.30. The molecule has 20 heavy (non-hydrogen) atoms. The maximum absolute atomic E-state index is 12.6. The molecule has 1 fully saturated rings. The van der Waals surface area contributed by atoms with Gasteiger partial charge in [0.25, 0.3) is 0 Å². The average molecular weight is 287 g/mol. The molecule has 1 aliphatic heterocycles. The van der Waals surface area contributed by atoms with Gasteiger partial charge in [-0.1, -0.05) is 6.07 Å². The first-order valence-electron chi connectivity index (χ1n) is 6.35. The van der Waals surface area contributed by atoms with Gasteiger partial charge in [0.05, 0.1) is 12.1 Å². The van der Waals surface area contributed by atoms with E-state index in [9.17, 15) is 18.0 Å². The van der Waals surface area contributed by atoms with Crippen LogP contribution in [0, 0.1) is 0 Å². The Kier molecular flexibility index (Phi) is 4.61. The number of hydrogen-bond donors (Lipinski definition) is 2. The van der Waals surface area contributed by atoms with E-state index in [1.165, 1.54) is 12.1 Å². The van der Waals surface area contributed by atoms with Crippen LogP contribution in [0.2, 0.25) is 0 Å². The number of rotatable bonds is 3. The Morgan fingerprint density at radius 1 is 1.30 bits per heavy atom. The van der Waals surface area contributed by atoms with Gasteiger partial charge in [0.15, 0.2) is 0 Å². The number of piperazine rings is 1. The van der Waals surface area contributed by atoms with E-state index in [0.29, 0.717) is 0 Å². The molecule has 1 amide bonds. The van der Waals surface area contributed by atoms with E-state index < -0.39 is 11.7 Å². The Balaban J connectivity index is 1.93. The summed E-state index contributed by atoms with van der Waals surface area (Å²) in [4.78, 5) is 13.7. The van der Waals surface area contributed by atoms with E-state index in [2.05, 4.69) is 10.6 Å². The standard InChI is InChI=1S/C13H16F3N3O/c14-13(15,16)10-2-1-3-11(8-10)18-12(20)9-19-6-4-17-5-7-19/h1-3,8,17H,4-7,9H2,(H,18,20). The molecule has 0 radical (unpaired) electrons. The van der Waals surface area contributed by atoms with Crippen LogP contribution in [0.5, 0.6) is 0 Å². The van der Waals surface area contributed by atoms with Crippen LogP contribution < -0.4 is 10.6 Å². The number of hydrogen-bond acceptors (Lipinski definition) is 3. The van der Waals surface area contributed by atoms with Crippen molar-refractivity contribution in [2.45, 2.75) is 6.18 Å². The Morgan fingerprint density at radius 2 is 2.00 bits per heavy atom. The zero-order valence-electron chi connectivity index (χ0n) is 10.8. The molecule has 2 rings (SSSR count). The first kappa shape index (κ1) is 14.8. The Labute approximate surface area is 114 Å². The highest BCUT2D eigenvalue weighted by Gasteiger charge is 2.30. The van der Waals surface area contributed by atoms with Gasteiger partial charge in [-0.3, -0.25) is 9.69 Å². The normalized spacial score (nSPS) is 16.9. The zero-order valence-corrected chi connectivity index (χ0v) is 10.8. The first-order valence-corrected chi connectivity index (χ1v) is 6.35. The van der Waals surface area contributed by atoms with Gasteiger partial charge in [-0.2, -0.15) is 13.2 Å². The van der Waals surface area contributed by atoms with Crippen molar-refractivity contribution in [1.29, 1.82) is 0 Å². The number of carbonyl (C=O) groups is 1. The largest absolute Gasteiger partial charge is 0.416 e. The molecule has 0 aromatic heterocycles. The van der Waals surface area contributed by atoms with Gasteiger partial charge < -0.3 is 10.6 Å². The summed E-state index contributed by atoms with van der Waals surface area (Å²) in [5, 5.41) is 5.66. The minimum atomic E-state index is -4.40. The van der Waals surface area contributed by atoms with E-state index in [0.717, 1.165) is 38.3 Å². The predicted octanol–water partition coefficient (Wildman–Crippen LogP) is 1.55. The molecule has 0 bridgehead atoms. The minimum Gasteiger partial charge on any atom is -0.325 e. The fourth-order valence-electron chi connectivity index (χ4n) is 2.05. The summed E-state index contributed by atoms with van der Waals surface area (Å²) < 4.78 is 37.7. The average Bonchev–Trinajstić information content (AvgIpc) is 2.39. The monoisotopic (exact) mass is 287 g/mol. The molecule has 7 heteroatoms. The molecular weight excluding hydrogens is 271 g/mol. The summed E-state index contributed by atoms with van der Waals surface area (Å²) in [5.74, 6) is -0.300. The highest BCUT2D eigenvalue weighted by molar-refractivity contribution is 5.92. The lowest BCUT2D eigenvalue weighted by molar-refractivity contribution is -0.137. The van der Waals surface area contributed by atoms with E-state index in [-0.39, 0.29) is 18.1 Å². The first-order chi connectivity index (χ1) is 9.45. The van der Waals surface area contributed by atoms with E-state index in [1.807, 2.05) is 4.90 Å². The van der Waals surface area contributed by atoms with Crippen LogP contribution in [-0.2, 0) is 11.0 Å². The number of benzene rings is 1. The molecule has 0 aliphatic carbocycles. The summed E-state index contributed by atoms with van der Waals surface area (Å²) in [6.07, 6.45) is -4.40. The summed E-state index contributed by atoms with van der Waals surface area (Å²) in [6.45, 7) is 3.34. The summed E-state index contributed by atoms with van der Waals surface area (Å²) in [6, 6.07) is 4.65. The fraction of sp³-hybridized carbons (Fsp3) is 0.462. The van der Waals surface area contributed by atoms with Crippen molar-refractivity contribution in [3.63, 3.8) is 0 Å². The summed E-state index contributed by atoms with van der Waals surface area (Å²) in [7, 11) is 0. The second-order valence-corrected chi connectivity index (χ2v) is 4.65. The van der Waals surface area contributed by atoms with Crippen molar-refractivity contribution in [2.75, 3.05) is 38.0 Å². The van der Waals surface area contributed by atoms with E-state index >= 15 is 0 Å². The van der Waals surface area contributed by atoms with Gasteiger partial charge in [-0.25, -0.2) is 0 Å². The number of nitrogens with one attached hydrogen (secondary N) is 2. The molecular formula is C13H16F3N3O. The van der Waals surface area contributed by atoms with Gasteiger partial charge in [-0.15, -0.1) is 0 Å². The third-order valence-electron chi connectivity index (χ3n) is 3.05. The minimum absolute atomic E-state index is 0.167. The Hall–Kier alpha value is -1.60. The van der Waals surface area contributed by atoms with Gasteiger partial charge in [0, 0.05) is 31.9 Å². The highest BCUT2D eigenvalue weighted by atomic mass is 19.4. The number of halogens is 3. The van der Waals surface area contributed by atoms with E-state index in [4.69, 9.17) is 0 Å². The van der Waals surface area contributed by atoms with Crippen molar-refractivity contribution in [3.05, 3.63) is 29.8 Å². The molecule has 110 valence electrons. The molecule has 0 unspecified atom stereocenters. The second kappa shape index (κ2) is 6.23. The Morgan fingerprint density at radius 3 is 2.65 bits per heavy atom. The Bertz CT molecular complexity index is 470. The molecule has 4 nitrogen and oxygen atoms in total. The van der Waals surface area contributed by atoms with Crippen LogP contribution in [-0.4, -0.2) is 43.5 Å². The molecule has 0 spiro atoms. The topological polar surface area (TPSA) is 44.4 Å². The number of nitrogens with zero attached hydrogens (tertiary/aromatic N) is 1. The van der Waals surface area contributed by atoms with Crippen LogP contribution in [0.3, 0.4) is 0 Å². The second-order valence-electron chi connectivity index (χ2n) is 4.65. The van der Waals surface area contributed by atoms with Gasteiger partial charge >= 0.3 is 6.18 Å². The number of amides is 1. The SMILES string of the molecule is O=C(CN1CCNCC1)Nc1cccc(C(F)(F)F)c1. The van der Waals surface area contributed by atoms with Crippen LogP contribution in [0.1, 0.15) is 5.56 Å². The molecule has 1 aromatic rings. The van der Waals surface area contributed by atoms with Gasteiger partial charge in [0.2, 0.25) is 5.91 Å². The third kappa shape index (κ3) is 4.21. The van der Waals surface area contributed by atoms with Crippen molar-refractivity contribution in [3.8, 4) is 0 Å². The zero-order chi connectivity index (χ0) is 14.6. The van der Waals surface area contributed by atoms with E-state index in [1.54, 1.807) is 0 Å². The lowest BCUT2D eigenvalue weighted by Gasteiger charge is -2.26. The number of anilines is 1. The number of alkyl halides is 3.